The summed E-state index contributed by atoms with van der Waals surface area (Å²) in [7, 11) is 0. The number of likely N-dealkylation sites (tertiary alicyclic amines) is 1. The number of hydrogen-bond acceptors (Lipinski definition) is 4. The lowest BCUT2D eigenvalue weighted by Gasteiger charge is -2.36. The number of carbonyl (C=O) groups is 2. The fourth-order valence-electron chi connectivity index (χ4n) is 3.05. The highest BCUT2D eigenvalue weighted by molar-refractivity contribution is 6.30. The Labute approximate surface area is 146 Å². The maximum atomic E-state index is 12.3. The molecule has 0 aliphatic carbocycles. The van der Waals surface area contributed by atoms with Crippen LogP contribution in [0.2, 0.25) is 5.02 Å². The van der Waals surface area contributed by atoms with Gasteiger partial charge in [0, 0.05) is 37.5 Å². The van der Waals surface area contributed by atoms with Crippen molar-refractivity contribution < 1.29 is 19.1 Å². The van der Waals surface area contributed by atoms with Gasteiger partial charge in [0.1, 0.15) is 6.61 Å². The van der Waals surface area contributed by atoms with E-state index < -0.39 is 11.8 Å². The summed E-state index contributed by atoms with van der Waals surface area (Å²) in [6, 6.07) is 7.56. The number of nitrogens with one attached hydrogen (secondary N) is 1. The summed E-state index contributed by atoms with van der Waals surface area (Å²) in [4.78, 5) is 25.2. The Morgan fingerprint density at radius 3 is 2.58 bits per heavy atom. The van der Waals surface area contributed by atoms with Crippen molar-refractivity contribution in [2.24, 2.45) is 0 Å². The predicted molar refractivity (Wildman–Crippen MR) is 89.2 cm³/mol. The average Bonchev–Trinajstić information content (AvgIpc) is 2.94. The molecule has 1 spiro atoms. The summed E-state index contributed by atoms with van der Waals surface area (Å²) in [6.07, 6.45) is 0.613. The fraction of sp³-hybridized carbons (Fsp3) is 0.529. The second-order valence-electron chi connectivity index (χ2n) is 6.45. The van der Waals surface area contributed by atoms with Crippen molar-refractivity contribution in [1.82, 2.24) is 10.2 Å². The van der Waals surface area contributed by atoms with Gasteiger partial charge < -0.3 is 19.7 Å². The van der Waals surface area contributed by atoms with Crippen LogP contribution in [0.4, 0.5) is 9.59 Å². The second kappa shape index (κ2) is 6.89. The Morgan fingerprint density at radius 2 is 2.00 bits per heavy atom. The van der Waals surface area contributed by atoms with Crippen LogP contribution in [0, 0.1) is 0 Å². The third-order valence-corrected chi connectivity index (χ3v) is 4.97. The highest BCUT2D eigenvalue weighted by Gasteiger charge is 2.45. The number of benzene rings is 1. The number of cyclic esters (lactones) is 1. The lowest BCUT2D eigenvalue weighted by molar-refractivity contribution is 0.00936. The van der Waals surface area contributed by atoms with E-state index in [-0.39, 0.29) is 18.6 Å². The van der Waals surface area contributed by atoms with Crippen molar-refractivity contribution in [3.05, 3.63) is 34.9 Å². The van der Waals surface area contributed by atoms with Gasteiger partial charge in [-0.2, -0.15) is 0 Å². The first-order chi connectivity index (χ1) is 11.5. The molecule has 24 heavy (non-hydrogen) atoms. The minimum Gasteiger partial charge on any atom is -0.430 e. The van der Waals surface area contributed by atoms with Crippen molar-refractivity contribution >= 4 is 23.8 Å². The first-order valence-electron chi connectivity index (χ1n) is 8.11. The smallest absolute Gasteiger partial charge is 0.430 e. The van der Waals surface area contributed by atoms with Gasteiger partial charge in [-0.25, -0.2) is 9.59 Å². The van der Waals surface area contributed by atoms with Crippen molar-refractivity contribution in [2.75, 3.05) is 26.2 Å². The molecule has 2 heterocycles. The molecule has 2 aliphatic heterocycles. The van der Waals surface area contributed by atoms with E-state index in [0.717, 1.165) is 5.56 Å². The normalized spacial score (nSPS) is 20.4. The minimum absolute atomic E-state index is 0.0871. The summed E-state index contributed by atoms with van der Waals surface area (Å²) in [5.74, 6) is 0.200. The molecule has 1 aromatic carbocycles. The zero-order chi connectivity index (χ0) is 17.2. The first kappa shape index (κ1) is 16.9. The molecule has 2 amide bonds. The molecule has 2 aliphatic rings. The molecule has 1 atom stereocenters. The van der Waals surface area contributed by atoms with Gasteiger partial charge in [0.05, 0.1) is 0 Å². The highest BCUT2D eigenvalue weighted by Crippen LogP contribution is 2.31. The topological polar surface area (TPSA) is 67.9 Å². The number of nitrogens with zero attached hydrogens (tertiary/aromatic N) is 1. The summed E-state index contributed by atoms with van der Waals surface area (Å²) in [5, 5.41) is 3.67. The van der Waals surface area contributed by atoms with Gasteiger partial charge in [0.2, 0.25) is 0 Å². The van der Waals surface area contributed by atoms with E-state index in [9.17, 15) is 9.59 Å². The summed E-state index contributed by atoms with van der Waals surface area (Å²) in [6.45, 7) is 4.01. The van der Waals surface area contributed by atoms with Crippen LogP contribution in [-0.4, -0.2) is 48.9 Å². The first-order valence-corrected chi connectivity index (χ1v) is 8.49. The van der Waals surface area contributed by atoms with Crippen LogP contribution < -0.4 is 5.32 Å². The molecular formula is C17H21ClN2O4. The van der Waals surface area contributed by atoms with Crippen molar-refractivity contribution in [1.29, 1.82) is 0 Å². The Hall–Kier alpha value is -1.95. The molecule has 130 valence electrons. The van der Waals surface area contributed by atoms with Crippen LogP contribution >= 0.6 is 11.6 Å². The van der Waals surface area contributed by atoms with Gasteiger partial charge in [-0.1, -0.05) is 30.7 Å². The molecule has 0 saturated carbocycles. The Kier molecular flexibility index (Phi) is 4.85. The molecule has 1 N–H and O–H groups in total. The van der Waals surface area contributed by atoms with E-state index in [4.69, 9.17) is 21.1 Å². The van der Waals surface area contributed by atoms with Crippen LogP contribution in [0.1, 0.15) is 31.2 Å². The second-order valence-corrected chi connectivity index (χ2v) is 6.89. The lowest BCUT2D eigenvalue weighted by atomic mass is 9.92. The van der Waals surface area contributed by atoms with E-state index in [1.807, 2.05) is 24.3 Å². The van der Waals surface area contributed by atoms with Crippen molar-refractivity contribution in [2.45, 2.75) is 31.3 Å². The van der Waals surface area contributed by atoms with Gasteiger partial charge in [0.25, 0.3) is 0 Å². The molecular weight excluding hydrogens is 332 g/mol. The average molecular weight is 353 g/mol. The SMILES string of the molecule is C[C@@H](CNC(=O)N1CCC2(CC1)COC(=O)O2)c1ccc(Cl)cc1. The molecule has 0 bridgehead atoms. The van der Waals surface area contributed by atoms with E-state index >= 15 is 0 Å². The molecule has 2 saturated heterocycles. The predicted octanol–water partition coefficient (Wildman–Crippen LogP) is 3.15. The van der Waals surface area contributed by atoms with Crippen molar-refractivity contribution in [3.63, 3.8) is 0 Å². The third kappa shape index (κ3) is 3.75. The molecule has 7 heteroatoms. The number of ether oxygens (including phenoxy) is 2. The van der Waals surface area contributed by atoms with E-state index in [1.54, 1.807) is 4.90 Å². The lowest BCUT2D eigenvalue weighted by Crippen LogP contribution is -2.51. The maximum absolute atomic E-state index is 12.3. The van der Waals surface area contributed by atoms with E-state index in [1.165, 1.54) is 0 Å². The standard InChI is InChI=1S/C17H21ClN2O4/c1-12(13-2-4-14(18)5-3-13)10-19-15(21)20-8-6-17(7-9-20)11-23-16(22)24-17/h2-5,12H,6-11H2,1H3,(H,19,21)/t12-/m0/s1. The van der Waals surface area contributed by atoms with E-state index in [0.29, 0.717) is 37.5 Å². The number of carbonyl (C=O) groups excluding carboxylic acids is 2. The van der Waals surface area contributed by atoms with E-state index in [2.05, 4.69) is 12.2 Å². The number of urea groups is 1. The minimum atomic E-state index is -0.607. The molecule has 1 aromatic rings. The Morgan fingerprint density at radius 1 is 1.33 bits per heavy atom. The van der Waals surface area contributed by atoms with Crippen LogP contribution in [0.15, 0.2) is 24.3 Å². The van der Waals surface area contributed by atoms with Gasteiger partial charge in [0.15, 0.2) is 5.60 Å². The molecule has 0 aromatic heterocycles. The Balaban J connectivity index is 1.46. The number of piperidine rings is 1. The molecule has 3 rings (SSSR count). The summed E-state index contributed by atoms with van der Waals surface area (Å²) >= 11 is 5.89. The number of rotatable bonds is 3. The number of hydrogen-bond donors (Lipinski definition) is 1. The molecule has 0 unspecified atom stereocenters. The third-order valence-electron chi connectivity index (χ3n) is 4.71. The quantitative estimate of drug-likeness (QED) is 0.848. The van der Waals surface area contributed by atoms with Gasteiger partial charge in [-0.15, -0.1) is 0 Å². The molecule has 0 radical (unpaired) electrons. The fourth-order valence-corrected chi connectivity index (χ4v) is 3.18. The van der Waals surface area contributed by atoms with Crippen LogP contribution in [0.5, 0.6) is 0 Å². The summed E-state index contributed by atoms with van der Waals surface area (Å²) in [5.41, 5.74) is 0.595. The monoisotopic (exact) mass is 352 g/mol. The zero-order valence-corrected chi connectivity index (χ0v) is 14.3. The van der Waals surface area contributed by atoms with Crippen molar-refractivity contribution in [3.8, 4) is 0 Å². The highest BCUT2D eigenvalue weighted by atomic mass is 35.5. The van der Waals surface area contributed by atoms with Crippen LogP contribution in [-0.2, 0) is 9.47 Å². The zero-order valence-electron chi connectivity index (χ0n) is 13.6. The molecule has 2 fully saturated rings. The largest absolute Gasteiger partial charge is 0.509 e. The van der Waals surface area contributed by atoms with Crippen LogP contribution in [0.3, 0.4) is 0 Å². The number of halogens is 1. The van der Waals surface area contributed by atoms with Gasteiger partial charge in [-0.05, 0) is 23.6 Å². The Bertz CT molecular complexity index is 612. The molecule has 6 nitrogen and oxygen atoms in total. The van der Waals surface area contributed by atoms with Crippen LogP contribution in [0.25, 0.3) is 0 Å². The number of amides is 2. The maximum Gasteiger partial charge on any atom is 0.509 e. The summed E-state index contributed by atoms with van der Waals surface area (Å²) < 4.78 is 10.1. The van der Waals surface area contributed by atoms with Gasteiger partial charge in [-0.3, -0.25) is 0 Å². The van der Waals surface area contributed by atoms with Gasteiger partial charge >= 0.3 is 12.2 Å².